The molecule has 45 heavy (non-hydrogen) atoms. The molecule has 0 aromatic heterocycles. The molecule has 17 heteroatoms. The second kappa shape index (κ2) is 12.1. The maximum atomic E-state index is 15.5. The Balaban J connectivity index is 2.06. The number of alkyl halides is 10. The summed E-state index contributed by atoms with van der Waals surface area (Å²) in [6.07, 6.45) is -19.1. The van der Waals surface area contributed by atoms with Crippen LogP contribution in [0.15, 0.2) is 48.5 Å². The van der Waals surface area contributed by atoms with Crippen LogP contribution in [0, 0.1) is 12.7 Å². The van der Waals surface area contributed by atoms with Crippen LogP contribution in [0.25, 0.3) is 0 Å². The van der Waals surface area contributed by atoms with Crippen LogP contribution in [0.2, 0.25) is 0 Å². The Morgan fingerprint density at radius 2 is 1.38 bits per heavy atom. The molecule has 3 rings (SSSR count). The lowest BCUT2D eigenvalue weighted by Gasteiger charge is -2.31. The number of carbonyl (C=O) groups excluding carboxylic acids is 2. The third kappa shape index (κ3) is 6.47. The van der Waals surface area contributed by atoms with Crippen LogP contribution in [0.4, 0.5) is 59.7 Å². The van der Waals surface area contributed by atoms with Crippen LogP contribution in [0.3, 0.4) is 0 Å². The quantitative estimate of drug-likeness (QED) is 0.262. The number of hydrogen-bond donors (Lipinski definition) is 1. The van der Waals surface area contributed by atoms with Crippen LogP contribution in [-0.4, -0.2) is 45.4 Å². The molecule has 0 bridgehead atoms. The van der Waals surface area contributed by atoms with E-state index in [0.717, 1.165) is 30.1 Å². The van der Waals surface area contributed by atoms with Crippen molar-refractivity contribution in [1.82, 2.24) is 0 Å². The molecule has 0 saturated heterocycles. The third-order valence-electron chi connectivity index (χ3n) is 6.58. The number of halogens is 11. The van der Waals surface area contributed by atoms with E-state index in [1.54, 1.807) is 5.32 Å². The molecule has 0 atom stereocenters. The number of methoxy groups -OCH3 is 2. The van der Waals surface area contributed by atoms with Gasteiger partial charge in [0.15, 0.2) is 17.3 Å². The molecule has 2 amide bonds. The Bertz CT molecular complexity index is 1600. The number of benzene rings is 3. The smallest absolute Gasteiger partial charge is 0.435 e. The number of nitrogens with zero attached hydrogens (tertiary/aromatic N) is 1. The zero-order valence-electron chi connectivity index (χ0n) is 23.4. The molecule has 0 saturated carbocycles. The fourth-order valence-electron chi connectivity index (χ4n) is 4.27. The number of hydrogen-bond acceptors (Lipinski definition) is 4. The third-order valence-corrected chi connectivity index (χ3v) is 6.58. The van der Waals surface area contributed by atoms with E-state index >= 15 is 4.39 Å². The lowest BCUT2D eigenvalue weighted by atomic mass is 9.90. The van der Waals surface area contributed by atoms with E-state index in [-0.39, 0.29) is 23.1 Å². The minimum atomic E-state index is -6.71. The van der Waals surface area contributed by atoms with E-state index in [4.69, 9.17) is 9.47 Å². The van der Waals surface area contributed by atoms with Gasteiger partial charge in [0.2, 0.25) is 0 Å². The van der Waals surface area contributed by atoms with Gasteiger partial charge in [0.05, 0.1) is 36.7 Å². The normalized spacial score (nSPS) is 12.5. The molecule has 0 unspecified atom stereocenters. The van der Waals surface area contributed by atoms with Gasteiger partial charge in [-0.15, -0.1) is 0 Å². The van der Waals surface area contributed by atoms with Crippen molar-refractivity contribution >= 4 is 23.2 Å². The molecular weight excluding hydrogens is 637 g/mol. The minimum Gasteiger partial charge on any atom is -0.493 e. The molecule has 0 heterocycles. The highest BCUT2D eigenvalue weighted by atomic mass is 19.4. The van der Waals surface area contributed by atoms with Gasteiger partial charge in [0, 0.05) is 18.2 Å². The summed E-state index contributed by atoms with van der Waals surface area (Å²) in [5, 5.41) is 1.64. The molecule has 3 aromatic carbocycles. The van der Waals surface area contributed by atoms with Gasteiger partial charge >= 0.3 is 24.2 Å². The Hall–Kier alpha value is -4.57. The van der Waals surface area contributed by atoms with Gasteiger partial charge in [-0.05, 0) is 48.9 Å². The Labute approximate surface area is 247 Å². The Kier molecular flexibility index (Phi) is 9.37. The van der Waals surface area contributed by atoms with Crippen molar-refractivity contribution in [3.63, 3.8) is 0 Å². The lowest BCUT2D eigenvalue weighted by molar-refractivity contribution is -0.348. The first kappa shape index (κ1) is 34.9. The summed E-state index contributed by atoms with van der Waals surface area (Å²) in [5.41, 5.74) is -14.8. The number of rotatable bonds is 7. The highest BCUT2D eigenvalue weighted by Crippen LogP contribution is 2.54. The van der Waals surface area contributed by atoms with Crippen LogP contribution in [0.1, 0.15) is 37.4 Å². The number of amides is 2. The number of aryl methyl sites for hydroxylation is 1. The van der Waals surface area contributed by atoms with Crippen LogP contribution in [-0.2, 0) is 11.8 Å². The molecule has 0 aliphatic carbocycles. The SMILES string of the molecule is COc1ccc(C(=O)N(C)c2cccc(C(=O)Nc3c(C)cc(C(F)(C(F)(F)F)C(F)(F)F)cc3C(F)(F)F)c2F)cc1OC. The van der Waals surface area contributed by atoms with Crippen molar-refractivity contribution in [2.45, 2.75) is 31.1 Å². The highest BCUT2D eigenvalue weighted by Gasteiger charge is 2.73. The predicted octanol–water partition coefficient (Wildman–Crippen LogP) is 7.99. The summed E-state index contributed by atoms with van der Waals surface area (Å²) < 4.78 is 161. The maximum Gasteiger partial charge on any atom is 0.435 e. The van der Waals surface area contributed by atoms with Gasteiger partial charge in [-0.1, -0.05) is 12.1 Å². The van der Waals surface area contributed by atoms with E-state index in [0.29, 0.717) is 6.92 Å². The summed E-state index contributed by atoms with van der Waals surface area (Å²) in [4.78, 5) is 26.7. The second-order valence-corrected chi connectivity index (χ2v) is 9.39. The number of nitrogens with one attached hydrogen (secondary N) is 1. The van der Waals surface area contributed by atoms with E-state index in [1.165, 1.54) is 32.4 Å². The van der Waals surface area contributed by atoms with Crippen molar-refractivity contribution in [1.29, 1.82) is 0 Å². The summed E-state index contributed by atoms with van der Waals surface area (Å²) in [6, 6.07) is 5.95. The molecule has 0 aliphatic heterocycles. The Morgan fingerprint density at radius 1 is 0.800 bits per heavy atom. The van der Waals surface area contributed by atoms with Crippen molar-refractivity contribution < 1.29 is 67.4 Å². The largest absolute Gasteiger partial charge is 0.493 e. The standard InChI is InChI=1S/C28H21F11N2O4/c1-13-10-15(25(30,27(34,35)36)28(37,38)39)12-17(26(31,32)33)22(13)40-23(42)16-6-5-7-18(21(16)29)41(2)24(43)14-8-9-19(44-3)20(11-14)45-4/h5-12H,1-4H3,(H,40,42). The second-order valence-electron chi connectivity index (χ2n) is 9.39. The van der Waals surface area contributed by atoms with Gasteiger partial charge in [0.25, 0.3) is 11.8 Å². The zero-order valence-corrected chi connectivity index (χ0v) is 23.4. The summed E-state index contributed by atoms with van der Waals surface area (Å²) >= 11 is 0. The van der Waals surface area contributed by atoms with E-state index < -0.39 is 81.5 Å². The molecule has 6 nitrogen and oxygen atoms in total. The van der Waals surface area contributed by atoms with Gasteiger partial charge < -0.3 is 19.7 Å². The van der Waals surface area contributed by atoms with Crippen LogP contribution in [0.5, 0.6) is 11.5 Å². The number of anilines is 2. The highest BCUT2D eigenvalue weighted by molar-refractivity contribution is 6.09. The average molecular weight is 658 g/mol. The molecule has 0 fully saturated rings. The van der Waals surface area contributed by atoms with Crippen molar-refractivity contribution in [3.05, 3.63) is 82.2 Å². The summed E-state index contributed by atoms with van der Waals surface area (Å²) in [7, 11) is 3.73. The summed E-state index contributed by atoms with van der Waals surface area (Å²) in [6.45, 7) is 0.587. The van der Waals surface area contributed by atoms with Crippen LogP contribution < -0.4 is 19.7 Å². The average Bonchev–Trinajstić information content (AvgIpc) is 2.94. The molecule has 244 valence electrons. The van der Waals surface area contributed by atoms with Gasteiger partial charge in [-0.2, -0.15) is 39.5 Å². The minimum absolute atomic E-state index is 0.0309. The first-order chi connectivity index (χ1) is 20.6. The number of ether oxygens (including phenoxy) is 2. The fraction of sp³-hybridized carbons (Fsp3) is 0.286. The van der Waals surface area contributed by atoms with Crippen molar-refractivity contribution in [2.75, 3.05) is 31.5 Å². The first-order valence-corrected chi connectivity index (χ1v) is 12.2. The lowest BCUT2D eigenvalue weighted by Crippen LogP contribution is -2.50. The van der Waals surface area contributed by atoms with Crippen molar-refractivity contribution in [3.8, 4) is 11.5 Å². The van der Waals surface area contributed by atoms with Crippen molar-refractivity contribution in [2.24, 2.45) is 0 Å². The fourth-order valence-corrected chi connectivity index (χ4v) is 4.27. The molecule has 0 radical (unpaired) electrons. The topological polar surface area (TPSA) is 67.9 Å². The molecule has 0 aliphatic rings. The summed E-state index contributed by atoms with van der Waals surface area (Å²) in [5.74, 6) is -3.48. The van der Waals surface area contributed by atoms with E-state index in [2.05, 4.69) is 0 Å². The molecular formula is C28H21F11N2O4. The van der Waals surface area contributed by atoms with Gasteiger partial charge in [-0.25, -0.2) is 8.78 Å². The molecule has 3 aromatic rings. The maximum absolute atomic E-state index is 15.5. The van der Waals surface area contributed by atoms with Gasteiger partial charge in [-0.3, -0.25) is 9.59 Å². The number of carbonyl (C=O) groups is 2. The zero-order chi connectivity index (χ0) is 34.3. The predicted molar refractivity (Wildman–Crippen MR) is 138 cm³/mol. The van der Waals surface area contributed by atoms with E-state index in [1.807, 2.05) is 0 Å². The molecule has 0 spiro atoms. The van der Waals surface area contributed by atoms with Crippen LogP contribution >= 0.6 is 0 Å². The molecule has 1 N–H and O–H groups in total. The Morgan fingerprint density at radius 3 is 1.89 bits per heavy atom. The monoisotopic (exact) mass is 658 g/mol. The van der Waals surface area contributed by atoms with E-state index in [9.17, 15) is 53.5 Å². The first-order valence-electron chi connectivity index (χ1n) is 12.2. The van der Waals surface area contributed by atoms with Gasteiger partial charge in [0.1, 0.15) is 0 Å².